The number of ether oxygens (including phenoxy) is 1. The van der Waals surface area contributed by atoms with Gasteiger partial charge in [0, 0.05) is 29.1 Å². The molecule has 2 aromatic heterocycles. The Morgan fingerprint density at radius 3 is 2.53 bits per heavy atom. The third-order valence-electron chi connectivity index (χ3n) is 5.61. The number of benzene rings is 1. The van der Waals surface area contributed by atoms with Gasteiger partial charge < -0.3 is 4.74 Å². The first-order valence-corrected chi connectivity index (χ1v) is 11.0. The van der Waals surface area contributed by atoms with E-state index in [0.29, 0.717) is 17.1 Å². The van der Waals surface area contributed by atoms with Crippen molar-refractivity contribution in [1.82, 2.24) is 20.1 Å². The Labute approximate surface area is 204 Å². The SMILES string of the molecule is COc1cncc(C2=C(c3ccc(C)cc3)C=NN3OCN(Cc4ccc(C(F)(F)F)nc4)N=C23)c1. The zero-order valence-electron chi connectivity index (χ0n) is 19.4. The number of halogens is 3. The highest BCUT2D eigenvalue weighted by molar-refractivity contribution is 6.39. The molecule has 0 fully saturated rings. The van der Waals surface area contributed by atoms with Crippen molar-refractivity contribution in [2.75, 3.05) is 13.8 Å². The third kappa shape index (κ3) is 4.78. The smallest absolute Gasteiger partial charge is 0.433 e. The second-order valence-electron chi connectivity index (χ2n) is 8.18. The van der Waals surface area contributed by atoms with E-state index in [1.807, 2.05) is 37.3 Å². The highest BCUT2D eigenvalue weighted by atomic mass is 19.4. The second-order valence-corrected chi connectivity index (χ2v) is 8.18. The molecule has 0 amide bonds. The second kappa shape index (κ2) is 9.42. The van der Waals surface area contributed by atoms with E-state index >= 15 is 0 Å². The van der Waals surface area contributed by atoms with Gasteiger partial charge in [0.25, 0.3) is 0 Å². The van der Waals surface area contributed by atoms with Crippen LogP contribution in [0.5, 0.6) is 5.75 Å². The Morgan fingerprint density at radius 1 is 1.03 bits per heavy atom. The van der Waals surface area contributed by atoms with Crippen LogP contribution >= 0.6 is 0 Å². The van der Waals surface area contributed by atoms with Gasteiger partial charge in [-0.25, -0.2) is 4.84 Å². The number of hydrogen-bond acceptors (Lipinski definition) is 8. The summed E-state index contributed by atoms with van der Waals surface area (Å²) in [6.45, 7) is 2.25. The van der Waals surface area contributed by atoms with E-state index in [4.69, 9.17) is 14.7 Å². The minimum Gasteiger partial charge on any atom is -0.495 e. The van der Waals surface area contributed by atoms with E-state index in [0.717, 1.165) is 33.9 Å². The normalized spacial score (nSPS) is 15.6. The highest BCUT2D eigenvalue weighted by Gasteiger charge is 2.33. The van der Waals surface area contributed by atoms with Crippen LogP contribution in [0.2, 0.25) is 0 Å². The van der Waals surface area contributed by atoms with E-state index in [1.54, 1.807) is 30.7 Å². The van der Waals surface area contributed by atoms with Gasteiger partial charge in [0.1, 0.15) is 11.4 Å². The zero-order valence-corrected chi connectivity index (χ0v) is 19.4. The van der Waals surface area contributed by atoms with Gasteiger partial charge in [0.15, 0.2) is 6.73 Å². The van der Waals surface area contributed by atoms with E-state index in [-0.39, 0.29) is 13.3 Å². The first-order chi connectivity index (χ1) is 17.3. The molecule has 0 N–H and O–H groups in total. The number of pyridine rings is 2. The quantitative estimate of drug-likeness (QED) is 0.510. The zero-order chi connectivity index (χ0) is 25.3. The van der Waals surface area contributed by atoms with Crippen molar-refractivity contribution in [3.05, 3.63) is 89.0 Å². The summed E-state index contributed by atoms with van der Waals surface area (Å²) in [7, 11) is 1.56. The van der Waals surface area contributed by atoms with Crippen molar-refractivity contribution < 1.29 is 22.7 Å². The first kappa shape index (κ1) is 23.5. The molecule has 4 heterocycles. The lowest BCUT2D eigenvalue weighted by atomic mass is 9.94. The molecule has 0 saturated carbocycles. The van der Waals surface area contributed by atoms with Gasteiger partial charge in [-0.1, -0.05) is 35.9 Å². The number of hydrogen-bond donors (Lipinski definition) is 0. The van der Waals surface area contributed by atoms with Gasteiger partial charge in [0.2, 0.25) is 5.84 Å². The Bertz CT molecular complexity index is 1350. The van der Waals surface area contributed by atoms with Crippen LogP contribution in [0.1, 0.15) is 27.9 Å². The van der Waals surface area contributed by atoms with Gasteiger partial charge in [-0.05, 0) is 30.2 Å². The van der Waals surface area contributed by atoms with Crippen molar-refractivity contribution >= 4 is 23.2 Å². The van der Waals surface area contributed by atoms with Crippen molar-refractivity contribution in [2.24, 2.45) is 10.2 Å². The summed E-state index contributed by atoms with van der Waals surface area (Å²) in [6, 6.07) is 12.2. The number of allylic oxidation sites excluding steroid dienone is 1. The molecule has 0 spiro atoms. The number of hydrazone groups is 2. The largest absolute Gasteiger partial charge is 0.495 e. The summed E-state index contributed by atoms with van der Waals surface area (Å²) in [5, 5.41) is 12.1. The van der Waals surface area contributed by atoms with E-state index in [9.17, 15) is 13.2 Å². The summed E-state index contributed by atoms with van der Waals surface area (Å²) in [6.07, 6.45) is 1.70. The molecule has 0 saturated heterocycles. The van der Waals surface area contributed by atoms with Crippen LogP contribution in [0.3, 0.4) is 0 Å². The number of alkyl halides is 3. The molecule has 1 aromatic carbocycles. The molecule has 2 aliphatic heterocycles. The van der Waals surface area contributed by atoms with E-state index < -0.39 is 11.9 Å². The molecule has 0 atom stereocenters. The molecule has 8 nitrogen and oxygen atoms in total. The summed E-state index contributed by atoms with van der Waals surface area (Å²) in [4.78, 5) is 13.6. The Balaban J connectivity index is 1.55. The fraction of sp³-hybridized carbons (Fsp3) is 0.200. The van der Waals surface area contributed by atoms with Crippen molar-refractivity contribution in [2.45, 2.75) is 19.6 Å². The van der Waals surface area contributed by atoms with Crippen LogP contribution in [0.4, 0.5) is 13.2 Å². The van der Waals surface area contributed by atoms with Gasteiger partial charge in [-0.3, -0.25) is 15.0 Å². The number of amidine groups is 1. The monoisotopic (exact) mass is 494 g/mol. The van der Waals surface area contributed by atoms with Crippen molar-refractivity contribution in [3.8, 4) is 5.75 Å². The number of hydroxylamine groups is 1. The molecule has 0 aliphatic carbocycles. The Morgan fingerprint density at radius 2 is 1.83 bits per heavy atom. The summed E-state index contributed by atoms with van der Waals surface area (Å²) >= 11 is 0. The predicted octanol–water partition coefficient (Wildman–Crippen LogP) is 4.74. The van der Waals surface area contributed by atoms with Gasteiger partial charge in [-0.15, -0.1) is 5.17 Å². The molecule has 0 bridgehead atoms. The average molecular weight is 494 g/mol. The number of aromatic nitrogens is 2. The van der Waals surface area contributed by atoms with Crippen LogP contribution in [0, 0.1) is 6.92 Å². The molecular formula is C25H21F3N6O2. The van der Waals surface area contributed by atoms with Crippen molar-refractivity contribution in [1.29, 1.82) is 0 Å². The summed E-state index contributed by atoms with van der Waals surface area (Å²) in [5.74, 6) is 0.983. The minimum atomic E-state index is -4.50. The Hall–Kier alpha value is -4.25. The molecule has 2 aliphatic rings. The first-order valence-electron chi connectivity index (χ1n) is 11.0. The maximum absolute atomic E-state index is 12.9. The van der Waals surface area contributed by atoms with Crippen LogP contribution in [0.25, 0.3) is 11.1 Å². The molecule has 0 unspecified atom stereocenters. The van der Waals surface area contributed by atoms with Crippen LogP contribution in [-0.4, -0.2) is 46.0 Å². The number of nitrogens with zero attached hydrogens (tertiary/aromatic N) is 6. The molecule has 5 rings (SSSR count). The van der Waals surface area contributed by atoms with Gasteiger partial charge in [0.05, 0.1) is 26.1 Å². The van der Waals surface area contributed by atoms with Gasteiger partial charge >= 0.3 is 6.18 Å². The number of rotatable bonds is 5. The highest BCUT2D eigenvalue weighted by Crippen LogP contribution is 2.34. The molecule has 0 radical (unpaired) electrons. The average Bonchev–Trinajstić information content (AvgIpc) is 2.88. The molecule has 36 heavy (non-hydrogen) atoms. The topological polar surface area (TPSA) is 75.4 Å². The third-order valence-corrected chi connectivity index (χ3v) is 5.61. The molecule has 3 aromatic rings. The standard InChI is InChI=1S/C25H21F3N6O2/c1-16-3-6-18(7-4-16)21-13-31-34-24(23(21)19-9-20(35-2)12-29-11-19)32-33(15-36-34)14-17-5-8-22(30-10-17)25(26,27)28/h3-13H,14-15H2,1-2H3. The number of aryl methyl sites for hydroxylation is 1. The van der Waals surface area contributed by atoms with Crippen molar-refractivity contribution in [3.63, 3.8) is 0 Å². The van der Waals surface area contributed by atoms with Crippen LogP contribution in [-0.2, 0) is 17.6 Å². The summed E-state index contributed by atoms with van der Waals surface area (Å²) < 4.78 is 44.0. The van der Waals surface area contributed by atoms with Crippen LogP contribution < -0.4 is 4.74 Å². The Kier molecular flexibility index (Phi) is 6.15. The van der Waals surface area contributed by atoms with E-state index in [2.05, 4.69) is 15.1 Å². The lowest BCUT2D eigenvalue weighted by Gasteiger charge is -2.34. The molecule has 184 valence electrons. The maximum Gasteiger partial charge on any atom is 0.433 e. The molecule has 11 heteroatoms. The van der Waals surface area contributed by atoms with Gasteiger partial charge in [-0.2, -0.15) is 23.4 Å². The minimum absolute atomic E-state index is 0.0470. The fourth-order valence-corrected chi connectivity index (χ4v) is 3.79. The number of methoxy groups -OCH3 is 1. The lowest BCUT2D eigenvalue weighted by Crippen LogP contribution is -2.41. The maximum atomic E-state index is 12.9. The summed E-state index contributed by atoms with van der Waals surface area (Å²) in [5.41, 5.74) is 3.91. The van der Waals surface area contributed by atoms with Crippen LogP contribution in [0.15, 0.2) is 71.3 Å². The van der Waals surface area contributed by atoms with E-state index in [1.165, 1.54) is 17.4 Å². The predicted molar refractivity (Wildman–Crippen MR) is 127 cm³/mol. The fourth-order valence-electron chi connectivity index (χ4n) is 3.79. The number of fused-ring (bicyclic) bond motifs is 1. The molecular weight excluding hydrogens is 473 g/mol. The lowest BCUT2D eigenvalue weighted by molar-refractivity contribution is -0.159.